The van der Waals surface area contributed by atoms with E-state index >= 15 is 0 Å². The molecule has 0 aliphatic carbocycles. The van der Waals surface area contributed by atoms with Crippen molar-refractivity contribution in [2.75, 3.05) is 6.54 Å². The average Bonchev–Trinajstić information content (AvgIpc) is 2.76. The van der Waals surface area contributed by atoms with Crippen molar-refractivity contribution in [3.8, 4) is 0 Å². The molecule has 0 spiro atoms. The lowest BCUT2D eigenvalue weighted by atomic mass is 9.92. The number of fused-ring (bicyclic) bond motifs is 1. The minimum absolute atomic E-state index is 0.230. The largest absolute Gasteiger partial charge is 0.444 e. The smallest absolute Gasteiger partial charge is 0.408 e. The van der Waals surface area contributed by atoms with Crippen LogP contribution in [0.3, 0.4) is 0 Å². The number of alkyl carbamates (subject to hydrolysis) is 1. The second kappa shape index (κ2) is 10.5. The average molecular weight is 548 g/mol. The first-order valence-electron chi connectivity index (χ1n) is 11.7. The molecule has 0 saturated carbocycles. The molecular weight excluding hydrogens is 514 g/mol. The zero-order valence-electron chi connectivity index (χ0n) is 21.1. The number of pyridine rings is 1. The van der Waals surface area contributed by atoms with Gasteiger partial charge in [-0.05, 0) is 72.6 Å². The number of nitrogens with one attached hydrogen (secondary N) is 3. The van der Waals surface area contributed by atoms with Crippen LogP contribution < -0.4 is 16.1 Å². The topological polar surface area (TPSA) is 113 Å². The van der Waals surface area contributed by atoms with Gasteiger partial charge in [0.15, 0.2) is 0 Å². The van der Waals surface area contributed by atoms with Crippen molar-refractivity contribution in [3.63, 3.8) is 0 Å². The Labute approximate surface area is 214 Å². The number of rotatable bonds is 5. The number of hydrogen-bond donors (Lipinski definition) is 3. The van der Waals surface area contributed by atoms with E-state index in [0.29, 0.717) is 19.4 Å². The van der Waals surface area contributed by atoms with Crippen LogP contribution in [0.2, 0.25) is 0 Å². The molecule has 1 fully saturated rings. The Bertz CT molecular complexity index is 1120. The summed E-state index contributed by atoms with van der Waals surface area (Å²) < 4.78 is 6.17. The molecule has 0 radical (unpaired) electrons. The number of ether oxygens (including phenoxy) is 1. The summed E-state index contributed by atoms with van der Waals surface area (Å²) >= 11 is 3.47. The molecule has 2 aromatic rings. The molecule has 1 aliphatic heterocycles. The predicted octanol–water partition coefficient (Wildman–Crippen LogP) is 3.97. The van der Waals surface area contributed by atoms with Crippen molar-refractivity contribution in [1.82, 2.24) is 26.1 Å². The second-order valence-electron chi connectivity index (χ2n) is 10.2. The van der Waals surface area contributed by atoms with E-state index in [0.717, 1.165) is 21.1 Å². The summed E-state index contributed by atoms with van der Waals surface area (Å²) in [5, 5.41) is 8.00. The molecule has 10 heteroatoms. The van der Waals surface area contributed by atoms with Crippen LogP contribution in [0.25, 0.3) is 10.9 Å². The number of aromatic nitrogens is 1. The number of carbonyl (C=O) groups is 3. The number of amides is 3. The quantitative estimate of drug-likeness (QED) is 0.522. The number of benzene rings is 1. The maximum Gasteiger partial charge on any atom is 0.408 e. The number of hydrogen-bond acceptors (Lipinski definition) is 6. The molecule has 9 nitrogen and oxygen atoms in total. The van der Waals surface area contributed by atoms with Gasteiger partial charge in [-0.2, -0.15) is 0 Å². The van der Waals surface area contributed by atoms with Gasteiger partial charge in [0, 0.05) is 16.4 Å². The molecule has 1 aliphatic rings. The van der Waals surface area contributed by atoms with E-state index in [-0.39, 0.29) is 17.9 Å². The fourth-order valence-corrected chi connectivity index (χ4v) is 4.24. The standard InChI is InChI=1S/C25H34BrN5O4/c1-15(19-11-9-17-8-10-18(26)14-20(17)29-19)27-22(33)25(6)12-7-13-31(30-25)21(32)16(2)28-23(34)35-24(3,4)5/h8-11,14-16,30H,7,12-13H2,1-6H3,(H,27,33)(H,28,34). The monoisotopic (exact) mass is 547 g/mol. The van der Waals surface area contributed by atoms with Crippen LogP contribution in [-0.2, 0) is 14.3 Å². The summed E-state index contributed by atoms with van der Waals surface area (Å²) in [6.07, 6.45) is 0.527. The van der Waals surface area contributed by atoms with Crippen LogP contribution in [0, 0.1) is 0 Å². The van der Waals surface area contributed by atoms with E-state index in [2.05, 4.69) is 32.0 Å². The maximum absolute atomic E-state index is 13.3. The molecule has 3 atom stereocenters. The van der Waals surface area contributed by atoms with Crippen LogP contribution >= 0.6 is 15.9 Å². The summed E-state index contributed by atoms with van der Waals surface area (Å²) in [7, 11) is 0. The van der Waals surface area contributed by atoms with E-state index in [1.807, 2.05) is 37.3 Å². The third kappa shape index (κ3) is 6.91. The third-order valence-electron chi connectivity index (χ3n) is 5.78. The molecule has 3 rings (SSSR count). The van der Waals surface area contributed by atoms with Crippen LogP contribution in [0.15, 0.2) is 34.8 Å². The Balaban J connectivity index is 1.64. The summed E-state index contributed by atoms with van der Waals surface area (Å²) in [6, 6.07) is 8.61. The minimum Gasteiger partial charge on any atom is -0.444 e. The highest BCUT2D eigenvalue weighted by Crippen LogP contribution is 2.23. The molecule has 35 heavy (non-hydrogen) atoms. The highest BCUT2D eigenvalue weighted by molar-refractivity contribution is 9.10. The number of halogens is 1. The number of carbonyl (C=O) groups excluding carboxylic acids is 3. The van der Waals surface area contributed by atoms with Crippen molar-refractivity contribution in [2.45, 2.75) is 77.6 Å². The van der Waals surface area contributed by atoms with Crippen molar-refractivity contribution in [2.24, 2.45) is 0 Å². The molecule has 1 aromatic carbocycles. The third-order valence-corrected chi connectivity index (χ3v) is 6.27. The molecule has 3 N–H and O–H groups in total. The summed E-state index contributed by atoms with van der Waals surface area (Å²) in [5.74, 6) is -0.573. The Kier molecular flexibility index (Phi) is 8.06. The zero-order chi connectivity index (χ0) is 26.0. The highest BCUT2D eigenvalue weighted by Gasteiger charge is 2.40. The van der Waals surface area contributed by atoms with Crippen molar-refractivity contribution >= 4 is 44.7 Å². The molecule has 2 heterocycles. The van der Waals surface area contributed by atoms with Gasteiger partial charge >= 0.3 is 6.09 Å². The van der Waals surface area contributed by atoms with Crippen LogP contribution in [0.4, 0.5) is 4.79 Å². The predicted molar refractivity (Wildman–Crippen MR) is 137 cm³/mol. The first kappa shape index (κ1) is 26.9. The summed E-state index contributed by atoms with van der Waals surface area (Å²) in [6.45, 7) is 10.9. The SMILES string of the molecule is CC(NC(=O)OC(C)(C)C)C(=O)N1CCCC(C)(C(=O)NC(C)c2ccc3ccc(Br)cc3n2)N1. The Morgan fingerprint density at radius 1 is 1.17 bits per heavy atom. The Hall–Kier alpha value is -2.72. The number of nitrogens with zero attached hydrogens (tertiary/aromatic N) is 2. The van der Waals surface area contributed by atoms with Crippen molar-refractivity contribution in [1.29, 1.82) is 0 Å². The molecule has 1 aromatic heterocycles. The van der Waals surface area contributed by atoms with Gasteiger partial charge in [-0.15, -0.1) is 0 Å². The summed E-state index contributed by atoms with van der Waals surface area (Å²) in [5.41, 5.74) is 3.00. The lowest BCUT2D eigenvalue weighted by Crippen LogP contribution is -2.66. The lowest BCUT2D eigenvalue weighted by Gasteiger charge is -2.41. The van der Waals surface area contributed by atoms with Crippen LogP contribution in [0.5, 0.6) is 0 Å². The van der Waals surface area contributed by atoms with Crippen molar-refractivity contribution in [3.05, 3.63) is 40.5 Å². The minimum atomic E-state index is -0.992. The van der Waals surface area contributed by atoms with Gasteiger partial charge in [0.25, 0.3) is 5.91 Å². The van der Waals surface area contributed by atoms with Gasteiger partial charge < -0.3 is 15.4 Å². The highest BCUT2D eigenvalue weighted by atomic mass is 79.9. The first-order valence-corrected chi connectivity index (χ1v) is 12.5. The van der Waals surface area contributed by atoms with Gasteiger partial charge in [-0.3, -0.25) is 19.6 Å². The van der Waals surface area contributed by atoms with E-state index in [9.17, 15) is 14.4 Å². The number of hydrazine groups is 1. The maximum atomic E-state index is 13.3. The molecule has 1 saturated heterocycles. The van der Waals surface area contributed by atoms with E-state index in [1.165, 1.54) is 5.01 Å². The van der Waals surface area contributed by atoms with Gasteiger partial charge in [0.2, 0.25) is 5.91 Å². The Morgan fingerprint density at radius 2 is 1.86 bits per heavy atom. The zero-order valence-corrected chi connectivity index (χ0v) is 22.7. The summed E-state index contributed by atoms with van der Waals surface area (Å²) in [4.78, 5) is 43.0. The van der Waals surface area contributed by atoms with Crippen LogP contribution in [0.1, 0.15) is 66.1 Å². The fraction of sp³-hybridized carbons (Fsp3) is 0.520. The molecule has 0 bridgehead atoms. The Morgan fingerprint density at radius 3 is 2.54 bits per heavy atom. The van der Waals surface area contributed by atoms with E-state index in [1.54, 1.807) is 34.6 Å². The normalized spacial score (nSPS) is 20.1. The van der Waals surface area contributed by atoms with Gasteiger partial charge in [-0.25, -0.2) is 10.2 Å². The molecule has 3 amide bonds. The molecular formula is C25H34BrN5O4. The van der Waals surface area contributed by atoms with E-state index < -0.39 is 23.3 Å². The molecule has 3 unspecified atom stereocenters. The second-order valence-corrected chi connectivity index (χ2v) is 11.1. The van der Waals surface area contributed by atoms with Gasteiger partial charge in [0.1, 0.15) is 17.2 Å². The first-order chi connectivity index (χ1) is 16.3. The lowest BCUT2D eigenvalue weighted by molar-refractivity contribution is -0.145. The van der Waals surface area contributed by atoms with Gasteiger partial charge in [-0.1, -0.05) is 28.1 Å². The van der Waals surface area contributed by atoms with Crippen molar-refractivity contribution < 1.29 is 19.1 Å². The van der Waals surface area contributed by atoms with Gasteiger partial charge in [0.05, 0.1) is 17.3 Å². The molecule has 190 valence electrons. The fourth-order valence-electron chi connectivity index (χ4n) is 3.89. The van der Waals surface area contributed by atoms with E-state index in [4.69, 9.17) is 9.72 Å². The van der Waals surface area contributed by atoms with Crippen LogP contribution in [-0.4, -0.2) is 51.6 Å².